The highest BCUT2D eigenvalue weighted by Crippen LogP contribution is 2.19. The highest BCUT2D eigenvalue weighted by Gasteiger charge is 2.12. The molecular formula is C15H13NO2. The number of rotatable bonds is 4. The van der Waals surface area contributed by atoms with Gasteiger partial charge >= 0.3 is 0 Å². The summed E-state index contributed by atoms with van der Waals surface area (Å²) in [6, 6.07) is 11.6. The number of para-hydroxylation sites is 1. The van der Waals surface area contributed by atoms with Crippen LogP contribution in [0, 0.1) is 0 Å². The number of aryl methyl sites for hydroxylation is 1. The molecule has 0 aliphatic carbocycles. The zero-order valence-corrected chi connectivity index (χ0v) is 9.85. The zero-order chi connectivity index (χ0) is 12.4. The van der Waals surface area contributed by atoms with E-state index in [0.29, 0.717) is 12.8 Å². The Hall–Kier alpha value is -2.29. The van der Waals surface area contributed by atoms with E-state index in [1.165, 1.54) is 0 Å². The predicted octanol–water partition coefficient (Wildman–Crippen LogP) is 3.58. The average Bonchev–Trinajstić information content (AvgIpc) is 3.05. The van der Waals surface area contributed by atoms with Crippen molar-refractivity contribution >= 4 is 16.7 Å². The van der Waals surface area contributed by atoms with Crippen molar-refractivity contribution in [3.05, 3.63) is 60.2 Å². The molecule has 0 saturated carbocycles. The van der Waals surface area contributed by atoms with Gasteiger partial charge < -0.3 is 9.40 Å². The number of benzene rings is 1. The zero-order valence-electron chi connectivity index (χ0n) is 9.85. The van der Waals surface area contributed by atoms with Crippen LogP contribution in [0.15, 0.2) is 53.3 Å². The fourth-order valence-corrected chi connectivity index (χ4v) is 2.13. The Morgan fingerprint density at radius 2 is 2.06 bits per heavy atom. The fourth-order valence-electron chi connectivity index (χ4n) is 2.13. The Bertz CT molecular complexity index is 665. The summed E-state index contributed by atoms with van der Waals surface area (Å²) in [5.74, 6) is 0.993. The molecule has 0 saturated heterocycles. The van der Waals surface area contributed by atoms with E-state index in [1.54, 1.807) is 12.5 Å². The molecule has 0 spiro atoms. The number of hydrogen-bond donors (Lipinski definition) is 1. The SMILES string of the molecule is O=C(CCc1ccco1)c1c[nH]c2ccccc12. The molecule has 0 bridgehead atoms. The fraction of sp³-hybridized carbons (Fsp3) is 0.133. The number of furan rings is 1. The van der Waals surface area contributed by atoms with E-state index in [0.717, 1.165) is 22.2 Å². The third-order valence-corrected chi connectivity index (χ3v) is 3.07. The molecule has 2 aromatic heterocycles. The summed E-state index contributed by atoms with van der Waals surface area (Å²) in [6.45, 7) is 0. The van der Waals surface area contributed by atoms with E-state index < -0.39 is 0 Å². The molecule has 90 valence electrons. The van der Waals surface area contributed by atoms with Crippen molar-refractivity contribution in [1.29, 1.82) is 0 Å². The van der Waals surface area contributed by atoms with Crippen molar-refractivity contribution in [2.24, 2.45) is 0 Å². The maximum atomic E-state index is 12.2. The van der Waals surface area contributed by atoms with Gasteiger partial charge in [-0.3, -0.25) is 4.79 Å². The van der Waals surface area contributed by atoms with E-state index in [9.17, 15) is 4.79 Å². The third kappa shape index (κ3) is 1.95. The second-order valence-corrected chi connectivity index (χ2v) is 4.25. The van der Waals surface area contributed by atoms with Crippen molar-refractivity contribution < 1.29 is 9.21 Å². The second kappa shape index (κ2) is 4.53. The molecule has 3 rings (SSSR count). The first-order chi connectivity index (χ1) is 8.84. The summed E-state index contributed by atoms with van der Waals surface area (Å²) >= 11 is 0. The van der Waals surface area contributed by atoms with E-state index in [-0.39, 0.29) is 5.78 Å². The number of aromatic nitrogens is 1. The van der Waals surface area contributed by atoms with Gasteiger partial charge in [-0.25, -0.2) is 0 Å². The standard InChI is InChI=1S/C15H13NO2/c17-15(8-7-11-4-3-9-18-11)13-10-16-14-6-2-1-5-12(13)14/h1-6,9-10,16H,7-8H2. The molecule has 0 amide bonds. The number of carbonyl (C=O) groups excluding carboxylic acids is 1. The van der Waals surface area contributed by atoms with Gasteiger partial charge in [0.05, 0.1) is 6.26 Å². The average molecular weight is 239 g/mol. The van der Waals surface area contributed by atoms with Crippen molar-refractivity contribution in [2.45, 2.75) is 12.8 Å². The first-order valence-electron chi connectivity index (χ1n) is 5.96. The number of carbonyl (C=O) groups is 1. The van der Waals surface area contributed by atoms with E-state index in [4.69, 9.17) is 4.42 Å². The van der Waals surface area contributed by atoms with Crippen LogP contribution in [0.3, 0.4) is 0 Å². The van der Waals surface area contributed by atoms with Crippen molar-refractivity contribution in [3.8, 4) is 0 Å². The summed E-state index contributed by atoms with van der Waals surface area (Å²) in [5, 5.41) is 0.988. The molecular weight excluding hydrogens is 226 g/mol. The number of ketones is 1. The van der Waals surface area contributed by atoms with Crippen LogP contribution < -0.4 is 0 Å². The molecule has 0 aliphatic heterocycles. The van der Waals surface area contributed by atoms with Crippen LogP contribution in [0.5, 0.6) is 0 Å². The largest absolute Gasteiger partial charge is 0.469 e. The van der Waals surface area contributed by atoms with Gasteiger partial charge in [0, 0.05) is 35.5 Å². The van der Waals surface area contributed by atoms with Crippen molar-refractivity contribution in [2.75, 3.05) is 0 Å². The second-order valence-electron chi connectivity index (χ2n) is 4.25. The minimum absolute atomic E-state index is 0.142. The number of aromatic amines is 1. The molecule has 1 aromatic carbocycles. The lowest BCUT2D eigenvalue weighted by Gasteiger charge is -1.98. The molecule has 2 heterocycles. The highest BCUT2D eigenvalue weighted by atomic mass is 16.3. The topological polar surface area (TPSA) is 46.0 Å². The maximum absolute atomic E-state index is 12.2. The van der Waals surface area contributed by atoms with Crippen LogP contribution in [-0.2, 0) is 6.42 Å². The Morgan fingerprint density at radius 1 is 1.17 bits per heavy atom. The molecule has 3 aromatic rings. The van der Waals surface area contributed by atoms with Gasteiger partial charge in [-0.15, -0.1) is 0 Å². The number of hydrogen-bond acceptors (Lipinski definition) is 2. The summed E-state index contributed by atoms with van der Waals surface area (Å²) in [7, 11) is 0. The molecule has 3 nitrogen and oxygen atoms in total. The van der Waals surface area contributed by atoms with Crippen molar-refractivity contribution in [3.63, 3.8) is 0 Å². The molecule has 0 radical (unpaired) electrons. The van der Waals surface area contributed by atoms with Gasteiger partial charge in [-0.1, -0.05) is 18.2 Å². The molecule has 0 aliphatic rings. The summed E-state index contributed by atoms with van der Waals surface area (Å²) in [5.41, 5.74) is 1.76. The number of H-pyrrole nitrogens is 1. The van der Waals surface area contributed by atoms with E-state index >= 15 is 0 Å². The minimum atomic E-state index is 0.142. The van der Waals surface area contributed by atoms with Crippen LogP contribution in [0.4, 0.5) is 0 Å². The van der Waals surface area contributed by atoms with Crippen molar-refractivity contribution in [1.82, 2.24) is 4.98 Å². The molecule has 1 N–H and O–H groups in total. The smallest absolute Gasteiger partial charge is 0.165 e. The lowest BCUT2D eigenvalue weighted by Crippen LogP contribution is -1.99. The summed E-state index contributed by atoms with van der Waals surface area (Å²) < 4.78 is 5.23. The van der Waals surface area contributed by atoms with E-state index in [2.05, 4.69) is 4.98 Å². The van der Waals surface area contributed by atoms with Gasteiger partial charge in [0.25, 0.3) is 0 Å². The Kier molecular flexibility index (Phi) is 2.73. The van der Waals surface area contributed by atoms with Gasteiger partial charge in [-0.05, 0) is 18.2 Å². The van der Waals surface area contributed by atoms with Crippen LogP contribution in [0.25, 0.3) is 10.9 Å². The monoisotopic (exact) mass is 239 g/mol. The van der Waals surface area contributed by atoms with Gasteiger partial charge in [0.1, 0.15) is 5.76 Å². The maximum Gasteiger partial charge on any atom is 0.165 e. The molecule has 3 heteroatoms. The van der Waals surface area contributed by atoms with Crippen LogP contribution >= 0.6 is 0 Å². The van der Waals surface area contributed by atoms with Crippen LogP contribution in [-0.4, -0.2) is 10.8 Å². The Labute approximate surface area is 104 Å². The van der Waals surface area contributed by atoms with Crippen LogP contribution in [0.1, 0.15) is 22.5 Å². The lowest BCUT2D eigenvalue weighted by atomic mass is 10.1. The van der Waals surface area contributed by atoms with E-state index in [1.807, 2.05) is 36.4 Å². The van der Waals surface area contributed by atoms with Gasteiger partial charge in [0.15, 0.2) is 5.78 Å². The number of nitrogens with one attached hydrogen (secondary N) is 1. The Balaban J connectivity index is 1.80. The molecule has 18 heavy (non-hydrogen) atoms. The Morgan fingerprint density at radius 3 is 2.89 bits per heavy atom. The number of Topliss-reactive ketones (excluding diaryl/α,β-unsaturated/α-hetero) is 1. The van der Waals surface area contributed by atoms with Gasteiger partial charge in [-0.2, -0.15) is 0 Å². The first-order valence-corrected chi connectivity index (χ1v) is 5.96. The first kappa shape index (κ1) is 10.8. The normalized spacial score (nSPS) is 10.9. The molecule has 0 unspecified atom stereocenters. The quantitative estimate of drug-likeness (QED) is 0.707. The lowest BCUT2D eigenvalue weighted by molar-refractivity contribution is 0.0982. The minimum Gasteiger partial charge on any atom is -0.469 e. The van der Waals surface area contributed by atoms with Crippen LogP contribution in [0.2, 0.25) is 0 Å². The molecule has 0 fully saturated rings. The highest BCUT2D eigenvalue weighted by molar-refractivity contribution is 6.07. The van der Waals surface area contributed by atoms with Gasteiger partial charge in [0.2, 0.25) is 0 Å². The number of fused-ring (bicyclic) bond motifs is 1. The molecule has 0 atom stereocenters. The summed E-state index contributed by atoms with van der Waals surface area (Å²) in [6.07, 6.45) is 4.53. The third-order valence-electron chi connectivity index (χ3n) is 3.07. The summed E-state index contributed by atoms with van der Waals surface area (Å²) in [4.78, 5) is 15.3. The predicted molar refractivity (Wildman–Crippen MR) is 69.7 cm³/mol.